The van der Waals surface area contributed by atoms with Crippen molar-refractivity contribution in [2.75, 3.05) is 6.54 Å². The van der Waals surface area contributed by atoms with E-state index in [0.717, 1.165) is 5.56 Å². The van der Waals surface area contributed by atoms with Gasteiger partial charge in [-0.1, -0.05) is 0 Å². The molecular weight excluding hydrogens is 274 g/mol. The smallest absolute Gasteiger partial charge is 0.287 e. The zero-order chi connectivity index (χ0) is 13.8. The van der Waals surface area contributed by atoms with Crippen LogP contribution in [0.4, 0.5) is 0 Å². The topological polar surface area (TPSA) is 60.1 Å². The molecule has 3 heterocycles. The van der Waals surface area contributed by atoms with E-state index in [1.165, 1.54) is 6.26 Å². The maximum absolute atomic E-state index is 11.9. The van der Waals surface area contributed by atoms with Gasteiger partial charge >= 0.3 is 0 Å². The van der Waals surface area contributed by atoms with Crippen LogP contribution in [0.25, 0.3) is 0 Å². The monoisotopic (exact) mass is 287 g/mol. The van der Waals surface area contributed by atoms with Crippen molar-refractivity contribution in [3.05, 3.63) is 65.0 Å². The fourth-order valence-corrected chi connectivity index (χ4v) is 2.69. The van der Waals surface area contributed by atoms with Crippen molar-refractivity contribution in [2.45, 2.75) is 6.04 Å². The lowest BCUT2D eigenvalue weighted by Gasteiger charge is -2.17. The largest absolute Gasteiger partial charge is 0.459 e. The molecule has 102 valence electrons. The van der Waals surface area contributed by atoms with Crippen LogP contribution in [0.1, 0.15) is 22.2 Å². The molecule has 0 fully saturated rings. The first-order valence-corrected chi connectivity index (χ1v) is 7.12. The molecule has 1 amide bonds. The van der Waals surface area contributed by atoms with E-state index >= 15 is 0 Å². The first-order valence-electron chi connectivity index (χ1n) is 6.17. The molecule has 5 nitrogen and oxygen atoms in total. The fraction of sp³-hybridized carbons (Fsp3) is 0.143. The average Bonchev–Trinajstić information content (AvgIpc) is 3.22. The molecule has 1 unspecified atom stereocenters. The molecule has 1 atom stereocenters. The van der Waals surface area contributed by atoms with E-state index in [1.54, 1.807) is 29.7 Å². The standard InChI is InChI=1S/C14H13N3O2S/c18-14(13-3-1-7-19-13)15-9-12(11-4-8-20-10-11)17-6-2-5-16-17/h1-8,10,12H,9H2,(H,15,18). The Morgan fingerprint density at radius 2 is 2.40 bits per heavy atom. The highest BCUT2D eigenvalue weighted by Crippen LogP contribution is 2.19. The summed E-state index contributed by atoms with van der Waals surface area (Å²) in [6.07, 6.45) is 5.11. The van der Waals surface area contributed by atoms with Gasteiger partial charge in [-0.2, -0.15) is 16.4 Å². The lowest BCUT2D eigenvalue weighted by molar-refractivity contribution is 0.0921. The van der Waals surface area contributed by atoms with Gasteiger partial charge in [0.05, 0.1) is 12.3 Å². The Labute approximate surface area is 119 Å². The molecule has 6 heteroatoms. The van der Waals surface area contributed by atoms with Crippen molar-refractivity contribution < 1.29 is 9.21 Å². The minimum absolute atomic E-state index is 0.0184. The van der Waals surface area contributed by atoms with Gasteiger partial charge in [-0.25, -0.2) is 0 Å². The molecule has 0 aliphatic heterocycles. The van der Waals surface area contributed by atoms with Crippen LogP contribution in [-0.2, 0) is 0 Å². The molecule has 0 aliphatic carbocycles. The number of rotatable bonds is 5. The van der Waals surface area contributed by atoms with Crippen molar-refractivity contribution in [3.8, 4) is 0 Å². The summed E-state index contributed by atoms with van der Waals surface area (Å²) in [7, 11) is 0. The Morgan fingerprint density at radius 1 is 1.45 bits per heavy atom. The number of furan rings is 1. The zero-order valence-corrected chi connectivity index (χ0v) is 11.4. The van der Waals surface area contributed by atoms with Crippen LogP contribution in [0.15, 0.2) is 58.1 Å². The summed E-state index contributed by atoms with van der Waals surface area (Å²) < 4.78 is 6.91. The van der Waals surface area contributed by atoms with Gasteiger partial charge in [0, 0.05) is 18.9 Å². The van der Waals surface area contributed by atoms with Crippen LogP contribution >= 0.6 is 11.3 Å². The van der Waals surface area contributed by atoms with Gasteiger partial charge in [0.1, 0.15) is 0 Å². The Balaban J connectivity index is 1.73. The second-order valence-corrected chi connectivity index (χ2v) is 5.03. The quantitative estimate of drug-likeness (QED) is 0.784. The Kier molecular flexibility index (Phi) is 3.64. The molecule has 0 aromatic carbocycles. The van der Waals surface area contributed by atoms with Crippen LogP contribution in [0.5, 0.6) is 0 Å². The van der Waals surface area contributed by atoms with E-state index in [9.17, 15) is 4.79 Å². The summed E-state index contributed by atoms with van der Waals surface area (Å²) in [5.41, 5.74) is 1.12. The van der Waals surface area contributed by atoms with E-state index in [0.29, 0.717) is 12.3 Å². The second-order valence-electron chi connectivity index (χ2n) is 4.25. The number of nitrogens with zero attached hydrogens (tertiary/aromatic N) is 2. The lowest BCUT2D eigenvalue weighted by atomic mass is 10.1. The number of nitrogens with one attached hydrogen (secondary N) is 1. The molecule has 0 aliphatic rings. The number of carbonyl (C=O) groups is 1. The summed E-state index contributed by atoms with van der Waals surface area (Å²) in [4.78, 5) is 11.9. The minimum atomic E-state index is -0.220. The maximum atomic E-state index is 11.9. The van der Waals surface area contributed by atoms with E-state index in [1.807, 2.05) is 28.4 Å². The summed E-state index contributed by atoms with van der Waals surface area (Å²) in [5, 5.41) is 11.2. The van der Waals surface area contributed by atoms with E-state index in [2.05, 4.69) is 15.8 Å². The van der Waals surface area contributed by atoms with E-state index in [4.69, 9.17) is 4.42 Å². The van der Waals surface area contributed by atoms with Gasteiger partial charge in [0.15, 0.2) is 5.76 Å². The maximum Gasteiger partial charge on any atom is 0.287 e. The molecule has 1 N–H and O–H groups in total. The minimum Gasteiger partial charge on any atom is -0.459 e. The van der Waals surface area contributed by atoms with Crippen molar-refractivity contribution in [3.63, 3.8) is 0 Å². The SMILES string of the molecule is O=C(NCC(c1ccsc1)n1cccn1)c1ccco1. The molecule has 0 radical (unpaired) electrons. The average molecular weight is 287 g/mol. The second kappa shape index (κ2) is 5.75. The third kappa shape index (κ3) is 2.65. The van der Waals surface area contributed by atoms with Crippen LogP contribution in [0.2, 0.25) is 0 Å². The van der Waals surface area contributed by atoms with Gasteiger partial charge in [0.25, 0.3) is 5.91 Å². The van der Waals surface area contributed by atoms with Crippen molar-refractivity contribution >= 4 is 17.2 Å². The molecule has 3 aromatic heterocycles. The van der Waals surface area contributed by atoms with E-state index < -0.39 is 0 Å². The zero-order valence-electron chi connectivity index (χ0n) is 10.6. The first-order chi connectivity index (χ1) is 9.84. The third-order valence-electron chi connectivity index (χ3n) is 2.97. The fourth-order valence-electron chi connectivity index (χ4n) is 1.98. The number of carbonyl (C=O) groups excluding carboxylic acids is 1. The summed E-state index contributed by atoms with van der Waals surface area (Å²) >= 11 is 1.62. The first kappa shape index (κ1) is 12.7. The van der Waals surface area contributed by atoms with Crippen LogP contribution in [0.3, 0.4) is 0 Å². The molecule has 0 saturated carbocycles. The van der Waals surface area contributed by atoms with Crippen LogP contribution in [-0.4, -0.2) is 22.2 Å². The number of hydrogen-bond donors (Lipinski definition) is 1. The molecule has 0 saturated heterocycles. The van der Waals surface area contributed by atoms with Crippen LogP contribution in [0, 0.1) is 0 Å². The number of amides is 1. The summed E-state index contributed by atoms with van der Waals surface area (Å²) in [6, 6.07) is 7.22. The summed E-state index contributed by atoms with van der Waals surface area (Å²) in [6.45, 7) is 0.456. The Hall–Kier alpha value is -2.34. The van der Waals surface area contributed by atoms with Gasteiger partial charge in [0.2, 0.25) is 0 Å². The number of aromatic nitrogens is 2. The predicted octanol–water partition coefficient (Wildman–Crippen LogP) is 2.56. The third-order valence-corrected chi connectivity index (χ3v) is 3.67. The van der Waals surface area contributed by atoms with Gasteiger partial charge in [-0.3, -0.25) is 9.48 Å². The Morgan fingerprint density at radius 3 is 3.05 bits per heavy atom. The van der Waals surface area contributed by atoms with Gasteiger partial charge in [-0.05, 0) is 40.6 Å². The highest BCUT2D eigenvalue weighted by atomic mass is 32.1. The van der Waals surface area contributed by atoms with Gasteiger partial charge < -0.3 is 9.73 Å². The van der Waals surface area contributed by atoms with Gasteiger partial charge in [-0.15, -0.1) is 0 Å². The normalized spacial score (nSPS) is 12.2. The summed E-state index contributed by atoms with van der Waals surface area (Å²) in [5.74, 6) is 0.0944. The molecule has 3 aromatic rings. The molecular formula is C14H13N3O2S. The van der Waals surface area contributed by atoms with Crippen molar-refractivity contribution in [1.29, 1.82) is 0 Å². The molecule has 0 spiro atoms. The number of hydrogen-bond acceptors (Lipinski definition) is 4. The highest BCUT2D eigenvalue weighted by Gasteiger charge is 2.17. The Bertz CT molecular complexity index is 610. The molecule has 20 heavy (non-hydrogen) atoms. The van der Waals surface area contributed by atoms with Crippen molar-refractivity contribution in [2.24, 2.45) is 0 Å². The highest BCUT2D eigenvalue weighted by molar-refractivity contribution is 7.07. The molecule has 0 bridgehead atoms. The predicted molar refractivity (Wildman–Crippen MR) is 75.7 cm³/mol. The van der Waals surface area contributed by atoms with Crippen LogP contribution < -0.4 is 5.32 Å². The number of thiophene rings is 1. The van der Waals surface area contributed by atoms with Crippen molar-refractivity contribution in [1.82, 2.24) is 15.1 Å². The van der Waals surface area contributed by atoms with E-state index in [-0.39, 0.29) is 11.9 Å². The lowest BCUT2D eigenvalue weighted by Crippen LogP contribution is -2.31. The molecule has 3 rings (SSSR count).